The summed E-state index contributed by atoms with van der Waals surface area (Å²) < 4.78 is 32.1. The molecule has 0 bridgehead atoms. The summed E-state index contributed by atoms with van der Waals surface area (Å²) in [5.74, 6) is -0.0169. The second-order valence-electron chi connectivity index (χ2n) is 4.39. The van der Waals surface area contributed by atoms with E-state index in [0.29, 0.717) is 5.56 Å². The van der Waals surface area contributed by atoms with Gasteiger partial charge in [0.2, 0.25) is 0 Å². The Labute approximate surface area is 132 Å². The third kappa shape index (κ3) is 3.56. The largest absolute Gasteiger partial charge is 0.495 e. The molecule has 23 heavy (non-hydrogen) atoms. The molecule has 0 aliphatic rings. The van der Waals surface area contributed by atoms with Crippen molar-refractivity contribution in [3.63, 3.8) is 0 Å². The molecular weight excluding hydrogens is 322 g/mol. The Kier molecular flexibility index (Phi) is 4.47. The normalized spacial score (nSPS) is 10.6. The smallest absolute Gasteiger partial charge is 0.271 e. The van der Waals surface area contributed by atoms with E-state index >= 15 is 0 Å². The minimum atomic E-state index is -4.09. The van der Waals surface area contributed by atoms with Crippen LogP contribution in [0.15, 0.2) is 47.4 Å². The van der Waals surface area contributed by atoms with Gasteiger partial charge in [-0.15, -0.1) is 0 Å². The van der Waals surface area contributed by atoms with Crippen molar-refractivity contribution in [2.24, 2.45) is 0 Å². The summed E-state index contributed by atoms with van der Waals surface area (Å²) in [4.78, 5) is 9.78. The summed E-state index contributed by atoms with van der Waals surface area (Å²) in [6, 6.07) is 10.9. The summed E-state index contributed by atoms with van der Waals surface area (Å²) in [6.07, 6.45) is 0. The molecule has 0 aromatic heterocycles. The first-order chi connectivity index (χ1) is 10.9. The minimum Gasteiger partial charge on any atom is -0.495 e. The van der Waals surface area contributed by atoms with Gasteiger partial charge in [0.15, 0.2) is 0 Å². The molecular formula is C14H11N3O5S. The number of nitrogens with one attached hydrogen (secondary N) is 1. The zero-order valence-electron chi connectivity index (χ0n) is 11.9. The maximum atomic E-state index is 12.4. The van der Waals surface area contributed by atoms with Crippen LogP contribution in [-0.4, -0.2) is 20.5 Å². The van der Waals surface area contributed by atoms with Crippen LogP contribution in [0.25, 0.3) is 0 Å². The van der Waals surface area contributed by atoms with Crippen LogP contribution in [0.4, 0.5) is 11.4 Å². The van der Waals surface area contributed by atoms with Crippen molar-refractivity contribution in [2.45, 2.75) is 4.90 Å². The first kappa shape index (κ1) is 16.3. The molecule has 9 heteroatoms. The number of methoxy groups -OCH3 is 1. The predicted octanol–water partition coefficient (Wildman–Crippen LogP) is 2.28. The number of sulfonamides is 1. The van der Waals surface area contributed by atoms with E-state index in [4.69, 9.17) is 10.00 Å². The fourth-order valence-corrected chi connectivity index (χ4v) is 3.06. The van der Waals surface area contributed by atoms with E-state index in [0.717, 1.165) is 12.1 Å². The van der Waals surface area contributed by atoms with E-state index in [9.17, 15) is 18.5 Å². The molecule has 0 saturated heterocycles. The van der Waals surface area contributed by atoms with E-state index < -0.39 is 14.9 Å². The Morgan fingerprint density at radius 1 is 1.22 bits per heavy atom. The second-order valence-corrected chi connectivity index (χ2v) is 6.04. The van der Waals surface area contributed by atoms with Crippen LogP contribution in [0.5, 0.6) is 5.75 Å². The molecule has 0 saturated carbocycles. The molecule has 2 aromatic rings. The molecule has 8 nitrogen and oxygen atoms in total. The number of hydrogen-bond acceptors (Lipinski definition) is 6. The SMILES string of the molecule is COc1ccc([N+](=O)[O-])cc1S(=O)(=O)Nc1ccc(C#N)cc1. The third-order valence-corrected chi connectivity index (χ3v) is 4.32. The minimum absolute atomic E-state index is 0.0169. The molecule has 0 amide bonds. The van der Waals surface area contributed by atoms with Crippen LogP contribution in [-0.2, 0) is 10.0 Å². The first-order valence-electron chi connectivity index (χ1n) is 6.23. The van der Waals surface area contributed by atoms with Crippen LogP contribution in [0.2, 0.25) is 0 Å². The van der Waals surface area contributed by atoms with E-state index in [1.54, 1.807) is 0 Å². The number of hydrogen-bond donors (Lipinski definition) is 1. The molecule has 0 aliphatic carbocycles. The van der Waals surface area contributed by atoms with E-state index in [2.05, 4.69) is 4.72 Å². The van der Waals surface area contributed by atoms with Gasteiger partial charge in [0.05, 0.1) is 23.7 Å². The highest BCUT2D eigenvalue weighted by Gasteiger charge is 2.23. The molecule has 0 radical (unpaired) electrons. The van der Waals surface area contributed by atoms with Crippen LogP contribution in [0.3, 0.4) is 0 Å². The number of ether oxygens (including phenoxy) is 1. The predicted molar refractivity (Wildman–Crippen MR) is 81.6 cm³/mol. The molecule has 0 spiro atoms. The van der Waals surface area contributed by atoms with E-state index in [1.807, 2.05) is 6.07 Å². The van der Waals surface area contributed by atoms with Gasteiger partial charge in [0.25, 0.3) is 15.7 Å². The molecule has 0 heterocycles. The molecule has 2 aromatic carbocycles. The molecule has 0 aliphatic heterocycles. The maximum absolute atomic E-state index is 12.4. The lowest BCUT2D eigenvalue weighted by atomic mass is 10.2. The number of benzene rings is 2. The van der Waals surface area contributed by atoms with Crippen LogP contribution >= 0.6 is 0 Å². The molecule has 0 fully saturated rings. The molecule has 2 rings (SSSR count). The van der Waals surface area contributed by atoms with Crippen molar-refractivity contribution in [1.29, 1.82) is 5.26 Å². The summed E-state index contributed by atoms with van der Waals surface area (Å²) in [5, 5.41) is 19.5. The molecule has 1 N–H and O–H groups in total. The summed E-state index contributed by atoms with van der Waals surface area (Å²) in [7, 11) is -2.83. The average Bonchev–Trinajstić information content (AvgIpc) is 2.54. The van der Waals surface area contributed by atoms with Crippen molar-refractivity contribution < 1.29 is 18.1 Å². The van der Waals surface area contributed by atoms with Gasteiger partial charge in [-0.05, 0) is 30.3 Å². The van der Waals surface area contributed by atoms with Gasteiger partial charge < -0.3 is 4.74 Å². The maximum Gasteiger partial charge on any atom is 0.271 e. The van der Waals surface area contributed by atoms with Gasteiger partial charge in [-0.3, -0.25) is 14.8 Å². The van der Waals surface area contributed by atoms with Crippen LogP contribution in [0, 0.1) is 21.4 Å². The molecule has 0 atom stereocenters. The lowest BCUT2D eigenvalue weighted by Gasteiger charge is -2.11. The molecule has 0 unspecified atom stereocenters. The van der Waals surface area contributed by atoms with Crippen LogP contribution in [0.1, 0.15) is 5.56 Å². The van der Waals surface area contributed by atoms with E-state index in [1.165, 1.54) is 37.4 Å². The fourth-order valence-electron chi connectivity index (χ4n) is 1.81. The zero-order valence-corrected chi connectivity index (χ0v) is 12.7. The van der Waals surface area contributed by atoms with Gasteiger partial charge >= 0.3 is 0 Å². The van der Waals surface area contributed by atoms with E-state index in [-0.39, 0.29) is 22.0 Å². The average molecular weight is 333 g/mol. The number of non-ortho nitro benzene ring substituents is 1. The first-order valence-corrected chi connectivity index (χ1v) is 7.71. The van der Waals surface area contributed by atoms with Crippen molar-refractivity contribution in [3.8, 4) is 11.8 Å². The Bertz CT molecular complexity index is 886. The van der Waals surface area contributed by atoms with Crippen LogP contribution < -0.4 is 9.46 Å². The van der Waals surface area contributed by atoms with Gasteiger partial charge in [-0.25, -0.2) is 8.42 Å². The Morgan fingerprint density at radius 3 is 2.39 bits per heavy atom. The summed E-state index contributed by atoms with van der Waals surface area (Å²) in [5.41, 5.74) is 0.226. The highest BCUT2D eigenvalue weighted by atomic mass is 32.2. The Balaban J connectivity index is 2.43. The fraction of sp³-hybridized carbons (Fsp3) is 0.0714. The number of nitrogens with zero attached hydrogens (tertiary/aromatic N) is 2. The molecule has 118 valence electrons. The second kappa shape index (κ2) is 6.33. The number of nitro groups is 1. The standard InChI is InChI=1S/C14H11N3O5S/c1-22-13-7-6-12(17(18)19)8-14(13)23(20,21)16-11-4-2-10(9-15)3-5-11/h2-8,16H,1H3. The van der Waals surface area contributed by atoms with Gasteiger partial charge in [0.1, 0.15) is 10.6 Å². The monoisotopic (exact) mass is 333 g/mol. The number of nitriles is 1. The number of rotatable bonds is 5. The lowest BCUT2D eigenvalue weighted by Crippen LogP contribution is -2.14. The van der Waals surface area contributed by atoms with Gasteiger partial charge in [-0.1, -0.05) is 0 Å². The highest BCUT2D eigenvalue weighted by molar-refractivity contribution is 7.92. The number of anilines is 1. The summed E-state index contributed by atoms with van der Waals surface area (Å²) in [6.45, 7) is 0. The Hall–Kier alpha value is -3.12. The van der Waals surface area contributed by atoms with Crippen molar-refractivity contribution in [2.75, 3.05) is 11.8 Å². The topological polar surface area (TPSA) is 122 Å². The Morgan fingerprint density at radius 2 is 1.87 bits per heavy atom. The lowest BCUT2D eigenvalue weighted by molar-refractivity contribution is -0.385. The zero-order chi connectivity index (χ0) is 17.0. The highest BCUT2D eigenvalue weighted by Crippen LogP contribution is 2.29. The summed E-state index contributed by atoms with van der Waals surface area (Å²) >= 11 is 0. The van der Waals surface area contributed by atoms with Gasteiger partial charge in [-0.2, -0.15) is 5.26 Å². The quantitative estimate of drug-likeness (QED) is 0.661. The van der Waals surface area contributed by atoms with Crippen molar-refractivity contribution in [3.05, 3.63) is 58.1 Å². The number of nitro benzene ring substituents is 1. The van der Waals surface area contributed by atoms with Crippen molar-refractivity contribution >= 4 is 21.4 Å². The van der Waals surface area contributed by atoms with Crippen molar-refractivity contribution in [1.82, 2.24) is 0 Å². The van der Waals surface area contributed by atoms with Gasteiger partial charge in [0, 0.05) is 17.8 Å². The third-order valence-electron chi connectivity index (χ3n) is 2.91.